The molecule has 0 aliphatic rings. The summed E-state index contributed by atoms with van der Waals surface area (Å²) in [6.07, 6.45) is -3.32. The predicted molar refractivity (Wildman–Crippen MR) is 99.8 cm³/mol. The Labute approximate surface area is 172 Å². The molecule has 0 saturated heterocycles. The molecule has 1 aromatic carbocycles. The molecule has 0 aliphatic carbocycles. The number of halogens is 4. The van der Waals surface area contributed by atoms with Gasteiger partial charge in [-0.05, 0) is 12.1 Å². The van der Waals surface area contributed by atoms with Crippen LogP contribution in [-0.2, 0) is 24.3 Å². The van der Waals surface area contributed by atoms with E-state index < -0.39 is 41.1 Å². The van der Waals surface area contributed by atoms with Crippen molar-refractivity contribution in [3.05, 3.63) is 30.6 Å². The zero-order chi connectivity index (χ0) is 22.5. The number of carbonyl (C=O) groups is 2. The molecule has 0 aliphatic heterocycles. The summed E-state index contributed by atoms with van der Waals surface area (Å²) in [7, 11) is -4.13. The molecule has 162 valence electrons. The van der Waals surface area contributed by atoms with Crippen LogP contribution in [0.15, 0.2) is 40.0 Å². The van der Waals surface area contributed by atoms with E-state index >= 15 is 0 Å². The van der Waals surface area contributed by atoms with Crippen molar-refractivity contribution in [3.8, 4) is 0 Å². The van der Waals surface area contributed by atoms with E-state index in [1.807, 2.05) is 4.72 Å². The summed E-state index contributed by atoms with van der Waals surface area (Å²) in [5.41, 5.74) is 5.89. The van der Waals surface area contributed by atoms with Gasteiger partial charge in [0.25, 0.3) is 0 Å². The Hall–Kier alpha value is -2.97. The zero-order valence-corrected chi connectivity index (χ0v) is 16.3. The first-order valence-corrected chi connectivity index (χ1v) is 9.67. The molecule has 4 N–H and O–H groups in total. The van der Waals surface area contributed by atoms with Crippen LogP contribution in [-0.4, -0.2) is 44.0 Å². The Bertz CT molecular complexity index is 1110. The number of ether oxygens (including phenoxy) is 1. The van der Waals surface area contributed by atoms with Crippen LogP contribution in [0.5, 0.6) is 0 Å². The molecule has 2 rings (SSSR count). The van der Waals surface area contributed by atoms with Crippen LogP contribution in [0.25, 0.3) is 10.8 Å². The number of nitrogens with one attached hydrogen (secondary N) is 2. The lowest BCUT2D eigenvalue weighted by Crippen LogP contribution is -2.31. The van der Waals surface area contributed by atoms with Crippen molar-refractivity contribution in [1.82, 2.24) is 9.71 Å². The van der Waals surface area contributed by atoms with Gasteiger partial charge in [0, 0.05) is 35.3 Å². The Kier molecular flexibility index (Phi) is 7.17. The molecule has 0 spiro atoms. The Balaban J connectivity index is 2.09. The highest BCUT2D eigenvalue weighted by Crippen LogP contribution is 2.25. The van der Waals surface area contributed by atoms with Crippen molar-refractivity contribution in [1.29, 1.82) is 0 Å². The number of esters is 2. The van der Waals surface area contributed by atoms with Gasteiger partial charge < -0.3 is 15.8 Å². The molecule has 0 amide bonds. The summed E-state index contributed by atoms with van der Waals surface area (Å²) in [6.45, 7) is -0.590. The summed E-state index contributed by atoms with van der Waals surface area (Å²) in [4.78, 5) is 25.5. The number of benzene rings is 1. The lowest BCUT2D eigenvalue weighted by Gasteiger charge is -2.10. The molecule has 0 unspecified atom stereocenters. The molecular formula is C15H13ClF3N5O5S. The van der Waals surface area contributed by atoms with E-state index in [2.05, 4.69) is 19.5 Å². The minimum absolute atomic E-state index is 0.111. The highest BCUT2D eigenvalue weighted by Gasteiger charge is 2.42. The fraction of sp³-hybridized carbons (Fsp3) is 0.200. The Morgan fingerprint density at radius 3 is 2.60 bits per heavy atom. The monoisotopic (exact) mass is 467 g/mol. The van der Waals surface area contributed by atoms with Crippen molar-refractivity contribution in [2.24, 2.45) is 10.2 Å². The Morgan fingerprint density at radius 2 is 1.97 bits per heavy atom. The summed E-state index contributed by atoms with van der Waals surface area (Å²) in [5, 5.41) is 3.62. The number of fused-ring (bicyclic) bond motifs is 1. The number of guanidine groups is 1. The second-order valence-electron chi connectivity index (χ2n) is 5.57. The average molecular weight is 468 g/mol. The summed E-state index contributed by atoms with van der Waals surface area (Å²) >= 11 is 5.24. The van der Waals surface area contributed by atoms with Crippen molar-refractivity contribution in [2.45, 2.75) is 17.5 Å². The number of aromatic nitrogens is 1. The minimum atomic E-state index is -5.33. The van der Waals surface area contributed by atoms with Gasteiger partial charge in [-0.15, -0.1) is 4.51 Å². The van der Waals surface area contributed by atoms with Crippen LogP contribution in [0, 0.1) is 0 Å². The van der Waals surface area contributed by atoms with E-state index in [1.54, 1.807) is 0 Å². The molecule has 0 atom stereocenters. The number of nitrogens with zero attached hydrogens (tertiary/aromatic N) is 2. The third kappa shape index (κ3) is 6.01. The highest BCUT2D eigenvalue weighted by atomic mass is 35.5. The number of rotatable bonds is 6. The molecule has 0 radical (unpaired) electrons. The van der Waals surface area contributed by atoms with E-state index in [0.29, 0.717) is 16.5 Å². The maximum atomic E-state index is 12.3. The second-order valence-corrected chi connectivity index (χ2v) is 7.51. The maximum Gasteiger partial charge on any atom is 0.491 e. The number of hydrogen-bond donors (Lipinski definition) is 3. The van der Waals surface area contributed by atoms with Gasteiger partial charge in [0.2, 0.25) is 16.0 Å². The van der Waals surface area contributed by atoms with E-state index in [9.17, 15) is 31.2 Å². The quantitative estimate of drug-likeness (QED) is 0.249. The van der Waals surface area contributed by atoms with Gasteiger partial charge in [-0.25, -0.2) is 17.9 Å². The average Bonchev–Trinajstić information content (AvgIpc) is 2.66. The van der Waals surface area contributed by atoms with Gasteiger partial charge in [0.1, 0.15) is 0 Å². The van der Waals surface area contributed by atoms with Crippen LogP contribution < -0.4 is 15.8 Å². The molecular weight excluding hydrogens is 455 g/mol. The number of nitrogens with two attached hydrogens (primary N) is 1. The standard InChI is InChI=1S/C15H13ClF3N5O5S/c16-24-14(20)23-11-7-21-6-8-5-9(1-2-10(8)11)30(27,28)22-4-3-12(25)29-13(26)15(17,18)19/h1-2,5-7,22H,3-4H2,(H3,20,23,24). The molecule has 15 heteroatoms. The number of anilines is 1. The fourth-order valence-corrected chi connectivity index (χ4v) is 3.27. The van der Waals surface area contributed by atoms with Crippen molar-refractivity contribution in [3.63, 3.8) is 0 Å². The predicted octanol–water partition coefficient (Wildman–Crippen LogP) is 1.42. The summed E-state index contributed by atoms with van der Waals surface area (Å²) in [6, 6.07) is 3.97. The molecule has 10 nitrogen and oxygen atoms in total. The normalized spacial score (nSPS) is 12.6. The largest absolute Gasteiger partial charge is 0.491 e. The third-order valence-electron chi connectivity index (χ3n) is 3.45. The van der Waals surface area contributed by atoms with Gasteiger partial charge in [-0.1, -0.05) is 6.07 Å². The molecule has 30 heavy (non-hydrogen) atoms. The van der Waals surface area contributed by atoms with Crippen molar-refractivity contribution in [2.75, 3.05) is 11.9 Å². The van der Waals surface area contributed by atoms with Crippen LogP contribution >= 0.6 is 11.8 Å². The first kappa shape index (κ1) is 23.3. The van der Waals surface area contributed by atoms with Crippen molar-refractivity contribution < 1.29 is 35.9 Å². The van der Waals surface area contributed by atoms with E-state index in [0.717, 1.165) is 0 Å². The molecule has 0 saturated carbocycles. The third-order valence-corrected chi connectivity index (χ3v) is 5.09. The van der Waals surface area contributed by atoms with Gasteiger partial charge in [0.05, 0.1) is 23.2 Å². The fourth-order valence-electron chi connectivity index (χ4n) is 2.16. The van der Waals surface area contributed by atoms with Crippen molar-refractivity contribution >= 4 is 56.2 Å². The van der Waals surface area contributed by atoms with E-state index in [-0.39, 0.29) is 10.9 Å². The lowest BCUT2D eigenvalue weighted by molar-refractivity contribution is -0.201. The molecule has 1 aromatic heterocycles. The van der Waals surface area contributed by atoms with Crippen LogP contribution in [0.2, 0.25) is 0 Å². The SMILES string of the molecule is NC(=NCl)Nc1cncc2cc(S(=O)(=O)NCCC(=O)OC(=O)C(F)(F)F)ccc12. The van der Waals surface area contributed by atoms with Gasteiger partial charge in [0.15, 0.2) is 0 Å². The van der Waals surface area contributed by atoms with Gasteiger partial charge >= 0.3 is 18.1 Å². The number of alkyl halides is 3. The smallest absolute Gasteiger partial charge is 0.386 e. The lowest BCUT2D eigenvalue weighted by atomic mass is 10.1. The van der Waals surface area contributed by atoms with Crippen LogP contribution in [0.4, 0.5) is 18.9 Å². The number of sulfonamides is 1. The van der Waals surface area contributed by atoms with E-state index in [1.165, 1.54) is 30.6 Å². The van der Waals surface area contributed by atoms with Gasteiger partial charge in [-0.2, -0.15) is 13.2 Å². The molecule has 1 heterocycles. The minimum Gasteiger partial charge on any atom is -0.386 e. The first-order valence-electron chi connectivity index (χ1n) is 7.85. The van der Waals surface area contributed by atoms with Crippen LogP contribution in [0.3, 0.4) is 0 Å². The Morgan fingerprint density at radius 1 is 1.27 bits per heavy atom. The molecule has 0 bridgehead atoms. The molecule has 2 aromatic rings. The number of hydrogen-bond acceptors (Lipinski definition) is 7. The summed E-state index contributed by atoms with van der Waals surface area (Å²) in [5.74, 6) is -4.32. The van der Waals surface area contributed by atoms with Crippen LogP contribution in [0.1, 0.15) is 6.42 Å². The first-order chi connectivity index (χ1) is 13.9. The van der Waals surface area contributed by atoms with Gasteiger partial charge in [-0.3, -0.25) is 9.78 Å². The highest BCUT2D eigenvalue weighted by molar-refractivity contribution is 7.89. The zero-order valence-electron chi connectivity index (χ0n) is 14.7. The topological polar surface area (TPSA) is 153 Å². The maximum absolute atomic E-state index is 12.3. The van der Waals surface area contributed by atoms with E-state index in [4.69, 9.17) is 17.5 Å². The summed E-state index contributed by atoms with van der Waals surface area (Å²) < 4.78 is 69.6. The number of carbonyl (C=O) groups excluding carboxylic acids is 2. The second kappa shape index (κ2) is 9.23. The number of pyridine rings is 1. The molecule has 0 fully saturated rings.